The smallest absolute Gasteiger partial charge is 0.257 e. The van der Waals surface area contributed by atoms with Gasteiger partial charge in [0.1, 0.15) is 5.56 Å². The fraction of sp³-hybridized carbons (Fsp3) is 0.250. The Balaban J connectivity index is 1.77. The molecule has 0 saturated heterocycles. The van der Waals surface area contributed by atoms with Crippen LogP contribution < -0.4 is 10.7 Å². The number of amides is 1. The van der Waals surface area contributed by atoms with Crippen LogP contribution in [-0.2, 0) is 19.4 Å². The fourth-order valence-electron chi connectivity index (χ4n) is 2.58. The Morgan fingerprint density at radius 2 is 2.00 bits per heavy atom. The molecule has 1 heterocycles. The Morgan fingerprint density at radius 1 is 1.20 bits per heavy atom. The van der Waals surface area contributed by atoms with Crippen LogP contribution in [-0.4, -0.2) is 10.9 Å². The maximum atomic E-state index is 12.2. The minimum atomic E-state index is -0.315. The highest BCUT2D eigenvalue weighted by atomic mass is 16.2. The zero-order chi connectivity index (χ0) is 13.9. The third-order valence-electron chi connectivity index (χ3n) is 3.67. The largest absolute Gasteiger partial charge is 0.364 e. The van der Waals surface area contributed by atoms with E-state index in [9.17, 15) is 9.59 Å². The van der Waals surface area contributed by atoms with Gasteiger partial charge < -0.3 is 10.3 Å². The van der Waals surface area contributed by atoms with Crippen molar-refractivity contribution in [1.29, 1.82) is 0 Å². The van der Waals surface area contributed by atoms with Crippen molar-refractivity contribution in [1.82, 2.24) is 10.3 Å². The molecule has 102 valence electrons. The van der Waals surface area contributed by atoms with E-state index in [1.807, 2.05) is 30.3 Å². The van der Waals surface area contributed by atoms with Crippen molar-refractivity contribution in [2.45, 2.75) is 25.8 Å². The van der Waals surface area contributed by atoms with E-state index in [0.29, 0.717) is 6.54 Å². The molecule has 0 radical (unpaired) electrons. The van der Waals surface area contributed by atoms with E-state index in [1.54, 1.807) is 0 Å². The number of carbonyl (C=O) groups excluding carboxylic acids is 1. The van der Waals surface area contributed by atoms with Gasteiger partial charge in [-0.25, -0.2) is 0 Å². The number of carbonyl (C=O) groups is 1. The van der Waals surface area contributed by atoms with Gasteiger partial charge in [0.15, 0.2) is 5.43 Å². The highest BCUT2D eigenvalue weighted by Crippen LogP contribution is 2.16. The Hall–Kier alpha value is -2.36. The molecule has 0 fully saturated rings. The summed E-state index contributed by atoms with van der Waals surface area (Å²) >= 11 is 0. The lowest BCUT2D eigenvalue weighted by atomic mass is 10.1. The average molecular weight is 268 g/mol. The molecule has 1 aromatic heterocycles. The molecule has 0 bridgehead atoms. The van der Waals surface area contributed by atoms with E-state index >= 15 is 0 Å². The number of H-pyrrole nitrogens is 1. The first kappa shape index (κ1) is 12.7. The maximum Gasteiger partial charge on any atom is 0.257 e. The summed E-state index contributed by atoms with van der Waals surface area (Å²) in [6, 6.07) is 9.64. The Labute approximate surface area is 116 Å². The molecule has 20 heavy (non-hydrogen) atoms. The van der Waals surface area contributed by atoms with Crippen LogP contribution in [0, 0.1) is 0 Å². The number of hydrogen-bond acceptors (Lipinski definition) is 2. The van der Waals surface area contributed by atoms with Crippen molar-refractivity contribution < 1.29 is 4.79 Å². The number of benzene rings is 1. The second-order valence-corrected chi connectivity index (χ2v) is 5.01. The van der Waals surface area contributed by atoms with Crippen molar-refractivity contribution in [2.24, 2.45) is 0 Å². The number of aromatic amines is 1. The van der Waals surface area contributed by atoms with Gasteiger partial charge in [0, 0.05) is 24.0 Å². The van der Waals surface area contributed by atoms with Gasteiger partial charge in [-0.1, -0.05) is 30.3 Å². The van der Waals surface area contributed by atoms with Crippen molar-refractivity contribution in [2.75, 3.05) is 0 Å². The van der Waals surface area contributed by atoms with Crippen LogP contribution in [0.1, 0.15) is 33.6 Å². The molecular weight excluding hydrogens is 252 g/mol. The van der Waals surface area contributed by atoms with Crippen LogP contribution in [0.15, 0.2) is 41.3 Å². The number of nitrogens with one attached hydrogen (secondary N) is 2. The van der Waals surface area contributed by atoms with Crippen molar-refractivity contribution >= 4 is 5.91 Å². The van der Waals surface area contributed by atoms with Crippen LogP contribution in [0.4, 0.5) is 0 Å². The van der Waals surface area contributed by atoms with Gasteiger partial charge in [0.2, 0.25) is 0 Å². The molecule has 0 aliphatic heterocycles. The molecule has 0 spiro atoms. The lowest BCUT2D eigenvalue weighted by Crippen LogP contribution is -2.29. The van der Waals surface area contributed by atoms with E-state index < -0.39 is 0 Å². The number of aryl methyl sites for hydroxylation is 1. The van der Waals surface area contributed by atoms with Crippen LogP contribution >= 0.6 is 0 Å². The minimum Gasteiger partial charge on any atom is -0.364 e. The average Bonchev–Trinajstić information content (AvgIpc) is 2.96. The molecule has 2 N–H and O–H groups in total. The van der Waals surface area contributed by atoms with Crippen molar-refractivity contribution in [3.8, 4) is 0 Å². The third-order valence-corrected chi connectivity index (χ3v) is 3.67. The second-order valence-electron chi connectivity index (χ2n) is 5.01. The quantitative estimate of drug-likeness (QED) is 0.891. The summed E-state index contributed by atoms with van der Waals surface area (Å²) in [5.74, 6) is -0.315. The van der Waals surface area contributed by atoms with Gasteiger partial charge in [-0.05, 0) is 24.8 Å². The predicted molar refractivity (Wildman–Crippen MR) is 76.7 cm³/mol. The molecule has 1 amide bonds. The van der Waals surface area contributed by atoms with Crippen LogP contribution in [0.3, 0.4) is 0 Å². The highest BCUT2D eigenvalue weighted by molar-refractivity contribution is 5.94. The van der Waals surface area contributed by atoms with Crippen molar-refractivity contribution in [3.63, 3.8) is 0 Å². The summed E-state index contributed by atoms with van der Waals surface area (Å²) in [7, 11) is 0. The highest BCUT2D eigenvalue weighted by Gasteiger charge is 2.19. The van der Waals surface area contributed by atoms with Gasteiger partial charge in [-0.3, -0.25) is 9.59 Å². The fourth-order valence-corrected chi connectivity index (χ4v) is 2.58. The van der Waals surface area contributed by atoms with Gasteiger partial charge in [-0.15, -0.1) is 0 Å². The molecule has 1 aliphatic rings. The molecule has 0 saturated carbocycles. The molecule has 0 unspecified atom stereocenters. The topological polar surface area (TPSA) is 62.0 Å². The van der Waals surface area contributed by atoms with E-state index in [2.05, 4.69) is 10.3 Å². The molecule has 1 aromatic carbocycles. The molecule has 0 atom stereocenters. The summed E-state index contributed by atoms with van der Waals surface area (Å²) in [4.78, 5) is 27.4. The summed E-state index contributed by atoms with van der Waals surface area (Å²) in [5.41, 5.74) is 2.86. The van der Waals surface area contributed by atoms with E-state index in [0.717, 1.165) is 36.1 Å². The molecule has 2 aromatic rings. The first-order valence-corrected chi connectivity index (χ1v) is 6.81. The summed E-state index contributed by atoms with van der Waals surface area (Å²) in [6.07, 6.45) is 4.18. The standard InChI is InChI=1S/C16H16N2O2/c19-15-12-7-4-8-14(12)17-10-13(15)16(20)18-9-11-5-2-1-3-6-11/h1-3,5-6,10H,4,7-9H2,(H,17,19)(H,18,20). The summed E-state index contributed by atoms with van der Waals surface area (Å²) in [5, 5.41) is 2.79. The normalized spacial score (nSPS) is 13.0. The summed E-state index contributed by atoms with van der Waals surface area (Å²) in [6.45, 7) is 0.427. The molecule has 3 rings (SSSR count). The molecular formula is C16H16N2O2. The lowest BCUT2D eigenvalue weighted by molar-refractivity contribution is 0.0949. The van der Waals surface area contributed by atoms with E-state index in [4.69, 9.17) is 0 Å². The van der Waals surface area contributed by atoms with Crippen molar-refractivity contribution in [3.05, 3.63) is 69.1 Å². The van der Waals surface area contributed by atoms with E-state index in [-0.39, 0.29) is 16.9 Å². The lowest BCUT2D eigenvalue weighted by Gasteiger charge is -2.06. The number of fused-ring (bicyclic) bond motifs is 1. The number of rotatable bonds is 3. The number of hydrogen-bond donors (Lipinski definition) is 2. The first-order valence-electron chi connectivity index (χ1n) is 6.81. The first-order chi connectivity index (χ1) is 9.75. The Morgan fingerprint density at radius 3 is 2.80 bits per heavy atom. The predicted octanol–water partition coefficient (Wildman–Crippen LogP) is 1.79. The second kappa shape index (κ2) is 5.33. The van der Waals surface area contributed by atoms with Gasteiger partial charge in [0.25, 0.3) is 5.91 Å². The van der Waals surface area contributed by atoms with Gasteiger partial charge in [0.05, 0.1) is 0 Å². The van der Waals surface area contributed by atoms with Gasteiger partial charge in [-0.2, -0.15) is 0 Å². The maximum absolute atomic E-state index is 12.2. The molecule has 1 aliphatic carbocycles. The number of pyridine rings is 1. The van der Waals surface area contributed by atoms with Crippen LogP contribution in [0.5, 0.6) is 0 Å². The van der Waals surface area contributed by atoms with E-state index in [1.165, 1.54) is 6.20 Å². The Kier molecular flexibility index (Phi) is 3.37. The summed E-state index contributed by atoms with van der Waals surface area (Å²) < 4.78 is 0. The van der Waals surface area contributed by atoms with Gasteiger partial charge >= 0.3 is 0 Å². The van der Waals surface area contributed by atoms with Crippen LogP contribution in [0.25, 0.3) is 0 Å². The molecule has 4 nitrogen and oxygen atoms in total. The molecule has 4 heteroatoms. The third kappa shape index (κ3) is 2.37. The zero-order valence-corrected chi connectivity index (χ0v) is 11.1. The SMILES string of the molecule is O=C(NCc1ccccc1)c1c[nH]c2c(c1=O)CCC2. The number of aromatic nitrogens is 1. The minimum absolute atomic E-state index is 0.123. The monoisotopic (exact) mass is 268 g/mol. The zero-order valence-electron chi connectivity index (χ0n) is 11.1. The van der Waals surface area contributed by atoms with Crippen LogP contribution in [0.2, 0.25) is 0 Å². The Bertz CT molecular complexity index is 689.